The molecule has 1 amide bonds. The molecule has 0 fully saturated rings. The van der Waals surface area contributed by atoms with Crippen LogP contribution < -0.4 is 5.32 Å². The Bertz CT molecular complexity index is 1460. The van der Waals surface area contributed by atoms with Gasteiger partial charge in [-0.2, -0.15) is 5.10 Å². The molecule has 0 saturated heterocycles. The molecule has 0 aliphatic rings. The number of benzene rings is 1. The number of carbonyl (C=O) groups excluding carboxylic acids is 1. The standard InChI is InChI=1S/C26H25N7O3/c1-16(13-18-7-5-4-6-8-18)24-30-31-26(36-24)22-15-19(14-21(29-22)25-27-10-12-35-25)23(34)28-17(2)20-9-11-33(3)32-20/h4-12,14-17H,13H2,1-3H3,(H,28,34)/t16-,17?/m0/s1. The van der Waals surface area contributed by atoms with E-state index in [-0.39, 0.29) is 29.6 Å². The van der Waals surface area contributed by atoms with Crippen LogP contribution in [0, 0.1) is 0 Å². The zero-order chi connectivity index (χ0) is 25.1. The molecule has 4 aromatic heterocycles. The summed E-state index contributed by atoms with van der Waals surface area (Å²) in [4.78, 5) is 21.9. The smallest absolute Gasteiger partial charge is 0.266 e. The zero-order valence-corrected chi connectivity index (χ0v) is 20.1. The normalized spacial score (nSPS) is 12.9. The number of nitrogens with zero attached hydrogens (tertiary/aromatic N) is 6. The van der Waals surface area contributed by atoms with Gasteiger partial charge in [-0.3, -0.25) is 9.48 Å². The summed E-state index contributed by atoms with van der Waals surface area (Å²) in [7, 11) is 1.83. The minimum Gasteiger partial charge on any atom is -0.443 e. The zero-order valence-electron chi connectivity index (χ0n) is 20.1. The van der Waals surface area contributed by atoms with Crippen LogP contribution >= 0.6 is 0 Å². The van der Waals surface area contributed by atoms with Crippen LogP contribution in [0.25, 0.3) is 23.2 Å². The first kappa shape index (κ1) is 23.2. The van der Waals surface area contributed by atoms with Crippen molar-refractivity contribution in [3.63, 3.8) is 0 Å². The molecule has 1 N–H and O–H groups in total. The van der Waals surface area contributed by atoms with Crippen molar-refractivity contribution < 1.29 is 13.6 Å². The Balaban J connectivity index is 1.43. The quantitative estimate of drug-likeness (QED) is 0.345. The number of aromatic nitrogens is 6. The number of rotatable bonds is 8. The van der Waals surface area contributed by atoms with E-state index in [1.807, 2.05) is 51.4 Å². The van der Waals surface area contributed by atoms with Gasteiger partial charge >= 0.3 is 0 Å². The van der Waals surface area contributed by atoms with Gasteiger partial charge in [0.25, 0.3) is 11.8 Å². The highest BCUT2D eigenvalue weighted by Gasteiger charge is 2.21. The van der Waals surface area contributed by atoms with Crippen molar-refractivity contribution in [1.82, 2.24) is 35.3 Å². The number of hydrogen-bond donors (Lipinski definition) is 1. The molecule has 0 radical (unpaired) electrons. The molecule has 0 aliphatic carbocycles. The topological polar surface area (TPSA) is 125 Å². The number of aryl methyl sites for hydroxylation is 1. The molecule has 5 rings (SSSR count). The molecule has 0 aliphatic heterocycles. The second-order valence-electron chi connectivity index (χ2n) is 8.61. The van der Waals surface area contributed by atoms with Gasteiger partial charge < -0.3 is 14.2 Å². The Morgan fingerprint density at radius 1 is 1.06 bits per heavy atom. The molecule has 182 valence electrons. The van der Waals surface area contributed by atoms with Crippen molar-refractivity contribution in [2.24, 2.45) is 7.05 Å². The number of oxazole rings is 1. The monoisotopic (exact) mass is 483 g/mol. The third-order valence-corrected chi connectivity index (χ3v) is 5.73. The maximum Gasteiger partial charge on any atom is 0.266 e. The highest BCUT2D eigenvalue weighted by Crippen LogP contribution is 2.26. The number of hydrogen-bond acceptors (Lipinski definition) is 8. The van der Waals surface area contributed by atoms with E-state index >= 15 is 0 Å². The summed E-state index contributed by atoms with van der Waals surface area (Å²) in [5.74, 6) is 0.685. The first-order valence-electron chi connectivity index (χ1n) is 11.6. The summed E-state index contributed by atoms with van der Waals surface area (Å²) in [6, 6.07) is 14.9. The SMILES string of the molecule is CC(NC(=O)c1cc(-c2ncco2)nc(-c2nnc([C@@H](C)Cc3ccccc3)o2)c1)c1ccn(C)n1. The fourth-order valence-corrected chi connectivity index (χ4v) is 3.84. The molecule has 1 unspecified atom stereocenters. The van der Waals surface area contributed by atoms with Gasteiger partial charge in [-0.15, -0.1) is 10.2 Å². The van der Waals surface area contributed by atoms with Gasteiger partial charge in [0.05, 0.1) is 17.9 Å². The van der Waals surface area contributed by atoms with E-state index in [9.17, 15) is 4.79 Å². The lowest BCUT2D eigenvalue weighted by Gasteiger charge is -2.12. The van der Waals surface area contributed by atoms with Crippen LogP contribution in [-0.4, -0.2) is 35.9 Å². The second kappa shape index (κ2) is 9.95. The lowest BCUT2D eigenvalue weighted by molar-refractivity contribution is 0.0939. The first-order chi connectivity index (χ1) is 17.5. The Hall–Kier alpha value is -4.60. The van der Waals surface area contributed by atoms with Crippen LogP contribution in [0.1, 0.15) is 53.3 Å². The lowest BCUT2D eigenvalue weighted by atomic mass is 10.0. The molecular formula is C26H25N7O3. The van der Waals surface area contributed by atoms with Crippen LogP contribution in [0.4, 0.5) is 0 Å². The minimum absolute atomic E-state index is 0.00515. The van der Waals surface area contributed by atoms with Gasteiger partial charge in [0.2, 0.25) is 11.8 Å². The Kier molecular flexibility index (Phi) is 6.40. The highest BCUT2D eigenvalue weighted by atomic mass is 16.4. The molecule has 0 spiro atoms. The summed E-state index contributed by atoms with van der Waals surface area (Å²) in [6.45, 7) is 3.90. The molecular weight excluding hydrogens is 458 g/mol. The molecule has 10 nitrogen and oxygen atoms in total. The van der Waals surface area contributed by atoms with Crippen LogP contribution in [-0.2, 0) is 13.5 Å². The summed E-state index contributed by atoms with van der Waals surface area (Å²) in [5.41, 5.74) is 3.02. The predicted octanol–water partition coefficient (Wildman–Crippen LogP) is 4.36. The van der Waals surface area contributed by atoms with Gasteiger partial charge in [-0.25, -0.2) is 9.97 Å². The molecule has 5 aromatic rings. The Morgan fingerprint density at radius 3 is 2.53 bits per heavy atom. The summed E-state index contributed by atoms with van der Waals surface area (Å²) in [6.07, 6.45) is 5.55. The van der Waals surface area contributed by atoms with Gasteiger partial charge in [-0.1, -0.05) is 37.3 Å². The average Bonchev–Trinajstić information content (AvgIpc) is 3.66. The molecule has 4 heterocycles. The van der Waals surface area contributed by atoms with Crippen molar-refractivity contribution in [3.8, 4) is 23.2 Å². The van der Waals surface area contributed by atoms with Gasteiger partial charge in [0.1, 0.15) is 17.7 Å². The molecule has 0 saturated carbocycles. The van der Waals surface area contributed by atoms with E-state index in [0.29, 0.717) is 22.8 Å². The van der Waals surface area contributed by atoms with Crippen molar-refractivity contribution in [1.29, 1.82) is 0 Å². The third-order valence-electron chi connectivity index (χ3n) is 5.73. The van der Waals surface area contributed by atoms with Gasteiger partial charge in [-0.05, 0) is 37.1 Å². The van der Waals surface area contributed by atoms with Crippen LogP contribution in [0.15, 0.2) is 76.0 Å². The molecule has 0 bridgehead atoms. The number of pyridine rings is 1. The maximum absolute atomic E-state index is 13.2. The van der Waals surface area contributed by atoms with Crippen molar-refractivity contribution in [2.75, 3.05) is 0 Å². The fourth-order valence-electron chi connectivity index (χ4n) is 3.84. The van der Waals surface area contributed by atoms with Crippen LogP contribution in [0.5, 0.6) is 0 Å². The summed E-state index contributed by atoms with van der Waals surface area (Å²) >= 11 is 0. The van der Waals surface area contributed by atoms with Crippen molar-refractivity contribution in [2.45, 2.75) is 32.2 Å². The highest BCUT2D eigenvalue weighted by molar-refractivity contribution is 5.96. The van der Waals surface area contributed by atoms with E-state index in [2.05, 4.69) is 42.7 Å². The number of amides is 1. The summed E-state index contributed by atoms with van der Waals surface area (Å²) in [5, 5.41) is 15.8. The summed E-state index contributed by atoms with van der Waals surface area (Å²) < 4.78 is 13.1. The van der Waals surface area contributed by atoms with E-state index in [1.165, 1.54) is 18.0 Å². The van der Waals surface area contributed by atoms with Crippen molar-refractivity contribution >= 4 is 5.91 Å². The van der Waals surface area contributed by atoms with E-state index in [4.69, 9.17) is 8.83 Å². The van der Waals surface area contributed by atoms with Crippen molar-refractivity contribution in [3.05, 3.63) is 89.9 Å². The van der Waals surface area contributed by atoms with Crippen LogP contribution in [0.2, 0.25) is 0 Å². The largest absolute Gasteiger partial charge is 0.443 e. The van der Waals surface area contributed by atoms with E-state index in [0.717, 1.165) is 12.1 Å². The molecule has 2 atom stereocenters. The number of carbonyl (C=O) groups is 1. The Labute approximate surface area is 207 Å². The van der Waals surface area contributed by atoms with E-state index in [1.54, 1.807) is 16.8 Å². The third kappa shape index (κ3) is 5.07. The first-order valence-corrected chi connectivity index (χ1v) is 11.6. The molecule has 1 aromatic carbocycles. The maximum atomic E-state index is 13.2. The molecule has 36 heavy (non-hydrogen) atoms. The van der Waals surface area contributed by atoms with Gasteiger partial charge in [0, 0.05) is 24.7 Å². The minimum atomic E-state index is -0.304. The fraction of sp³-hybridized carbons (Fsp3) is 0.231. The average molecular weight is 484 g/mol. The lowest BCUT2D eigenvalue weighted by Crippen LogP contribution is -2.27. The molecule has 10 heteroatoms. The van der Waals surface area contributed by atoms with Gasteiger partial charge in [0.15, 0.2) is 0 Å². The van der Waals surface area contributed by atoms with E-state index < -0.39 is 0 Å². The number of nitrogens with one attached hydrogen (secondary N) is 1. The van der Waals surface area contributed by atoms with Crippen LogP contribution in [0.3, 0.4) is 0 Å². The predicted molar refractivity (Wildman–Crippen MR) is 131 cm³/mol. The Morgan fingerprint density at radius 2 is 1.83 bits per heavy atom. The second-order valence-corrected chi connectivity index (χ2v) is 8.61.